The first-order chi connectivity index (χ1) is 6.68. The van der Waals surface area contributed by atoms with Crippen molar-refractivity contribution in [3.63, 3.8) is 0 Å². The lowest BCUT2D eigenvalue weighted by Gasteiger charge is -2.03. The number of carbonyl (C=O) groups excluding carboxylic acids is 1. The van der Waals surface area contributed by atoms with Crippen LogP contribution < -0.4 is 5.73 Å². The first-order valence-electron chi connectivity index (χ1n) is 4.47. The molecule has 0 spiro atoms. The van der Waals surface area contributed by atoms with Crippen LogP contribution in [-0.4, -0.2) is 5.78 Å². The molecular formula is C12H11NO. The highest BCUT2D eigenvalue weighted by Gasteiger charge is 2.04. The van der Waals surface area contributed by atoms with Crippen LogP contribution in [0.1, 0.15) is 17.3 Å². The van der Waals surface area contributed by atoms with E-state index in [4.69, 9.17) is 5.73 Å². The van der Waals surface area contributed by atoms with Gasteiger partial charge in [-0.05, 0) is 29.8 Å². The third kappa shape index (κ3) is 1.35. The highest BCUT2D eigenvalue weighted by atomic mass is 16.1. The molecule has 0 heterocycles. The van der Waals surface area contributed by atoms with E-state index in [0.717, 1.165) is 22.0 Å². The lowest BCUT2D eigenvalue weighted by Crippen LogP contribution is -1.93. The highest BCUT2D eigenvalue weighted by Crippen LogP contribution is 2.21. The first kappa shape index (κ1) is 8.75. The number of benzene rings is 2. The van der Waals surface area contributed by atoms with Crippen molar-refractivity contribution in [2.75, 3.05) is 5.73 Å². The molecule has 14 heavy (non-hydrogen) atoms. The number of hydrogen-bond donors (Lipinski definition) is 1. The molecule has 2 nitrogen and oxygen atoms in total. The minimum absolute atomic E-state index is 0.0837. The van der Waals surface area contributed by atoms with E-state index >= 15 is 0 Å². The summed E-state index contributed by atoms with van der Waals surface area (Å²) in [5, 5.41) is 1.98. The van der Waals surface area contributed by atoms with E-state index in [2.05, 4.69) is 0 Å². The van der Waals surface area contributed by atoms with Crippen LogP contribution in [0.4, 0.5) is 5.69 Å². The van der Waals surface area contributed by atoms with Crippen molar-refractivity contribution in [2.24, 2.45) is 0 Å². The Labute approximate surface area is 82.3 Å². The van der Waals surface area contributed by atoms with Crippen molar-refractivity contribution in [1.82, 2.24) is 0 Å². The van der Waals surface area contributed by atoms with Crippen LogP contribution in [0.2, 0.25) is 0 Å². The molecule has 0 aromatic heterocycles. The van der Waals surface area contributed by atoms with Crippen molar-refractivity contribution in [2.45, 2.75) is 6.92 Å². The number of hydrogen-bond acceptors (Lipinski definition) is 2. The van der Waals surface area contributed by atoms with Crippen LogP contribution in [0, 0.1) is 0 Å². The van der Waals surface area contributed by atoms with E-state index in [1.807, 2.05) is 36.4 Å². The monoisotopic (exact) mass is 185 g/mol. The number of Topliss-reactive ketones (excluding diaryl/α,β-unsaturated/α-hetero) is 1. The van der Waals surface area contributed by atoms with Crippen LogP contribution in [0.5, 0.6) is 0 Å². The molecule has 0 atom stereocenters. The molecule has 0 aliphatic carbocycles. The lowest BCUT2D eigenvalue weighted by atomic mass is 10.0. The van der Waals surface area contributed by atoms with Crippen molar-refractivity contribution < 1.29 is 4.79 Å². The number of nitrogen functional groups attached to an aromatic ring is 1. The molecule has 2 rings (SSSR count). The van der Waals surface area contributed by atoms with Gasteiger partial charge in [0.2, 0.25) is 0 Å². The summed E-state index contributed by atoms with van der Waals surface area (Å²) in [6.07, 6.45) is 0. The van der Waals surface area contributed by atoms with E-state index < -0.39 is 0 Å². The highest BCUT2D eigenvalue weighted by molar-refractivity contribution is 6.07. The summed E-state index contributed by atoms with van der Waals surface area (Å²) < 4.78 is 0. The number of ketones is 1. The number of anilines is 1. The first-order valence-corrected chi connectivity index (χ1v) is 4.47. The largest absolute Gasteiger partial charge is 0.399 e. The van der Waals surface area contributed by atoms with Gasteiger partial charge in [0, 0.05) is 11.3 Å². The molecule has 2 aromatic carbocycles. The Bertz CT molecular complexity index is 503. The summed E-state index contributed by atoms with van der Waals surface area (Å²) in [4.78, 5) is 11.3. The normalized spacial score (nSPS) is 10.4. The molecule has 0 amide bonds. The van der Waals surface area contributed by atoms with Gasteiger partial charge in [0.1, 0.15) is 0 Å². The second kappa shape index (κ2) is 3.14. The Kier molecular flexibility index (Phi) is 1.97. The van der Waals surface area contributed by atoms with E-state index in [-0.39, 0.29) is 5.78 Å². The van der Waals surface area contributed by atoms with Crippen LogP contribution in [-0.2, 0) is 0 Å². The molecule has 2 heteroatoms. The van der Waals surface area contributed by atoms with Crippen LogP contribution >= 0.6 is 0 Å². The Morgan fingerprint density at radius 1 is 1.21 bits per heavy atom. The Morgan fingerprint density at radius 3 is 2.71 bits per heavy atom. The Morgan fingerprint density at radius 2 is 2.00 bits per heavy atom. The molecule has 0 unspecified atom stereocenters. The molecule has 0 aliphatic heterocycles. The van der Waals surface area contributed by atoms with Crippen LogP contribution in [0.15, 0.2) is 36.4 Å². The SMILES string of the molecule is CC(=O)c1cccc2cc(N)ccc12. The lowest BCUT2D eigenvalue weighted by molar-refractivity contribution is 0.101. The Balaban J connectivity index is 2.81. The summed E-state index contributed by atoms with van der Waals surface area (Å²) in [6.45, 7) is 1.57. The zero-order valence-corrected chi connectivity index (χ0v) is 7.95. The maximum absolute atomic E-state index is 11.3. The average molecular weight is 185 g/mol. The fourth-order valence-electron chi connectivity index (χ4n) is 1.61. The predicted molar refractivity (Wildman–Crippen MR) is 58.4 cm³/mol. The molecule has 0 saturated carbocycles. The minimum Gasteiger partial charge on any atom is -0.399 e. The quantitative estimate of drug-likeness (QED) is 0.548. The van der Waals surface area contributed by atoms with Crippen molar-refractivity contribution >= 4 is 22.2 Å². The molecule has 0 aliphatic rings. The van der Waals surface area contributed by atoms with Gasteiger partial charge in [-0.2, -0.15) is 0 Å². The number of rotatable bonds is 1. The smallest absolute Gasteiger partial charge is 0.160 e. The van der Waals surface area contributed by atoms with Crippen LogP contribution in [0.3, 0.4) is 0 Å². The maximum atomic E-state index is 11.3. The third-order valence-corrected chi connectivity index (χ3v) is 2.28. The van der Waals surface area contributed by atoms with Gasteiger partial charge < -0.3 is 5.73 Å². The Hall–Kier alpha value is -1.83. The minimum atomic E-state index is 0.0837. The standard InChI is InChI=1S/C12H11NO/c1-8(14)11-4-2-3-9-7-10(13)5-6-12(9)11/h2-7H,13H2,1H3. The second-order valence-electron chi connectivity index (χ2n) is 3.34. The molecule has 0 bridgehead atoms. The predicted octanol–water partition coefficient (Wildman–Crippen LogP) is 2.62. The molecule has 0 fully saturated rings. The molecule has 0 radical (unpaired) electrons. The third-order valence-electron chi connectivity index (χ3n) is 2.28. The molecule has 0 saturated heterocycles. The topological polar surface area (TPSA) is 43.1 Å². The van der Waals surface area contributed by atoms with E-state index in [1.54, 1.807) is 6.92 Å². The summed E-state index contributed by atoms with van der Waals surface area (Å²) in [5.41, 5.74) is 7.14. The van der Waals surface area contributed by atoms with E-state index in [0.29, 0.717) is 0 Å². The van der Waals surface area contributed by atoms with E-state index in [9.17, 15) is 4.79 Å². The zero-order chi connectivity index (χ0) is 10.1. The van der Waals surface area contributed by atoms with Gasteiger partial charge in [0.05, 0.1) is 0 Å². The second-order valence-corrected chi connectivity index (χ2v) is 3.34. The number of nitrogens with two attached hydrogens (primary N) is 1. The van der Waals surface area contributed by atoms with Crippen molar-refractivity contribution in [1.29, 1.82) is 0 Å². The summed E-state index contributed by atoms with van der Waals surface area (Å²) in [5.74, 6) is 0.0837. The fraction of sp³-hybridized carbons (Fsp3) is 0.0833. The summed E-state index contributed by atoms with van der Waals surface area (Å²) in [6, 6.07) is 11.2. The zero-order valence-electron chi connectivity index (χ0n) is 7.95. The van der Waals surface area contributed by atoms with Crippen LogP contribution in [0.25, 0.3) is 10.8 Å². The van der Waals surface area contributed by atoms with Gasteiger partial charge in [0.15, 0.2) is 5.78 Å². The molecule has 2 aromatic rings. The van der Waals surface area contributed by atoms with Crippen molar-refractivity contribution in [3.05, 3.63) is 42.0 Å². The molecule has 70 valence electrons. The molecular weight excluding hydrogens is 174 g/mol. The van der Waals surface area contributed by atoms with Gasteiger partial charge in [-0.3, -0.25) is 4.79 Å². The molecule has 2 N–H and O–H groups in total. The van der Waals surface area contributed by atoms with Gasteiger partial charge in [0.25, 0.3) is 0 Å². The summed E-state index contributed by atoms with van der Waals surface area (Å²) in [7, 11) is 0. The van der Waals surface area contributed by atoms with Gasteiger partial charge >= 0.3 is 0 Å². The van der Waals surface area contributed by atoms with Gasteiger partial charge in [-0.1, -0.05) is 24.3 Å². The summed E-state index contributed by atoms with van der Waals surface area (Å²) >= 11 is 0. The number of carbonyl (C=O) groups is 1. The van der Waals surface area contributed by atoms with Crippen molar-refractivity contribution in [3.8, 4) is 0 Å². The average Bonchev–Trinajstić information content (AvgIpc) is 2.16. The van der Waals surface area contributed by atoms with Gasteiger partial charge in [-0.25, -0.2) is 0 Å². The fourth-order valence-corrected chi connectivity index (χ4v) is 1.61. The number of fused-ring (bicyclic) bond motifs is 1. The van der Waals surface area contributed by atoms with E-state index in [1.165, 1.54) is 0 Å². The maximum Gasteiger partial charge on any atom is 0.160 e. The van der Waals surface area contributed by atoms with Gasteiger partial charge in [-0.15, -0.1) is 0 Å².